The Kier molecular flexibility index (Phi) is 10.3. The van der Waals surface area contributed by atoms with Gasteiger partial charge in [-0.2, -0.15) is 18.2 Å². The van der Waals surface area contributed by atoms with Crippen molar-refractivity contribution in [1.29, 1.82) is 0 Å². The minimum Gasteiger partial charge on any atom is -0.365 e. The van der Waals surface area contributed by atoms with Crippen LogP contribution in [-0.2, 0) is 30.1 Å². The number of nitrogens with zero attached hydrogens (tertiary/aromatic N) is 4. The van der Waals surface area contributed by atoms with Crippen molar-refractivity contribution in [3.05, 3.63) is 70.4 Å². The third-order valence-electron chi connectivity index (χ3n) is 7.55. The number of carbonyl (C=O) groups excluding carboxylic acids is 1. The topological polar surface area (TPSA) is 102 Å². The van der Waals surface area contributed by atoms with E-state index in [-0.39, 0.29) is 30.3 Å². The first-order valence-electron chi connectivity index (χ1n) is 14.1. The van der Waals surface area contributed by atoms with Gasteiger partial charge in [0.2, 0.25) is 5.95 Å². The van der Waals surface area contributed by atoms with Gasteiger partial charge in [-0.25, -0.2) is 9.19 Å². The molecule has 1 aliphatic rings. The molecule has 2 heterocycles. The second-order valence-electron chi connectivity index (χ2n) is 10.8. The Morgan fingerprint density at radius 1 is 1.14 bits per heavy atom. The standard InChI is InChI=1S/C30H38F3N7O2S/c1-6-20-16-21(28(41)36-23-11-13-39(3)14-12-23)9-10-25(20)37-29-35-18-24(30(31,32)33)27(38-29)34-17-22-8-7-19(2)15-26(22)40(4)43(5)42/h7-10,15-16,18,23H,6,11-14,17H2,1-5H3,(H,36,41)(H2,34,35,37,38). The summed E-state index contributed by atoms with van der Waals surface area (Å²) in [6, 6.07) is 10.8. The Morgan fingerprint density at radius 3 is 2.51 bits per heavy atom. The Bertz CT molecular complexity index is 1480. The normalized spacial score (nSPS) is 15.2. The molecule has 0 bridgehead atoms. The molecule has 3 aromatic rings. The number of aryl methyl sites for hydroxylation is 2. The average molecular weight is 618 g/mol. The van der Waals surface area contributed by atoms with E-state index < -0.39 is 22.7 Å². The predicted molar refractivity (Wildman–Crippen MR) is 165 cm³/mol. The average Bonchev–Trinajstić information content (AvgIpc) is 2.96. The lowest BCUT2D eigenvalue weighted by atomic mass is 10.0. The van der Waals surface area contributed by atoms with Crippen LogP contribution in [0.15, 0.2) is 42.6 Å². The fraction of sp³-hybridized carbons (Fsp3) is 0.433. The number of halogens is 3. The molecule has 1 amide bonds. The van der Waals surface area contributed by atoms with E-state index >= 15 is 0 Å². The van der Waals surface area contributed by atoms with Gasteiger partial charge in [-0.15, -0.1) is 0 Å². The van der Waals surface area contributed by atoms with Crippen LogP contribution in [-0.4, -0.2) is 64.5 Å². The van der Waals surface area contributed by atoms with Gasteiger partial charge in [-0.1, -0.05) is 19.1 Å². The van der Waals surface area contributed by atoms with E-state index in [1.165, 1.54) is 6.26 Å². The van der Waals surface area contributed by atoms with Crippen LogP contribution in [0.3, 0.4) is 0 Å². The lowest BCUT2D eigenvalue weighted by Crippen LogP contribution is -2.43. The van der Waals surface area contributed by atoms with E-state index in [4.69, 9.17) is 0 Å². The van der Waals surface area contributed by atoms with Gasteiger partial charge < -0.3 is 20.9 Å². The number of rotatable bonds is 10. The summed E-state index contributed by atoms with van der Waals surface area (Å²) >= 11 is 0. The third-order valence-corrected chi connectivity index (χ3v) is 8.52. The molecule has 0 spiro atoms. The molecule has 0 radical (unpaired) electrons. The van der Waals surface area contributed by atoms with E-state index in [0.29, 0.717) is 28.9 Å². The summed E-state index contributed by atoms with van der Waals surface area (Å²) in [6.45, 7) is 5.69. The van der Waals surface area contributed by atoms with Crippen molar-refractivity contribution in [2.45, 2.75) is 51.9 Å². The number of nitrogens with one attached hydrogen (secondary N) is 3. The van der Waals surface area contributed by atoms with Crippen molar-refractivity contribution < 1.29 is 22.2 Å². The summed E-state index contributed by atoms with van der Waals surface area (Å²) in [4.78, 5) is 23.3. The molecule has 1 fully saturated rings. The molecular weight excluding hydrogens is 579 g/mol. The number of piperidine rings is 1. The predicted octanol–water partition coefficient (Wildman–Crippen LogP) is 5.28. The highest BCUT2D eigenvalue weighted by Crippen LogP contribution is 2.35. The first-order valence-corrected chi connectivity index (χ1v) is 15.6. The monoisotopic (exact) mass is 617 g/mol. The number of amides is 1. The van der Waals surface area contributed by atoms with E-state index in [1.807, 2.05) is 26.0 Å². The molecule has 0 aliphatic carbocycles. The molecule has 43 heavy (non-hydrogen) atoms. The highest BCUT2D eigenvalue weighted by atomic mass is 32.2. The summed E-state index contributed by atoms with van der Waals surface area (Å²) in [6.07, 6.45) is -0.0465. The molecule has 4 rings (SSSR count). The number of hydrogen-bond donors (Lipinski definition) is 3. The van der Waals surface area contributed by atoms with E-state index in [9.17, 15) is 22.2 Å². The lowest BCUT2D eigenvalue weighted by molar-refractivity contribution is -0.137. The van der Waals surface area contributed by atoms with Crippen molar-refractivity contribution in [1.82, 2.24) is 20.2 Å². The van der Waals surface area contributed by atoms with Gasteiger partial charge in [0.05, 0.1) is 5.69 Å². The zero-order valence-electron chi connectivity index (χ0n) is 25.0. The van der Waals surface area contributed by atoms with Gasteiger partial charge in [0, 0.05) is 43.3 Å². The number of benzene rings is 2. The van der Waals surface area contributed by atoms with Crippen molar-refractivity contribution in [2.24, 2.45) is 0 Å². The molecule has 13 heteroatoms. The molecule has 3 N–H and O–H groups in total. The van der Waals surface area contributed by atoms with Crippen molar-refractivity contribution in [2.75, 3.05) is 48.4 Å². The molecule has 0 saturated carbocycles. The summed E-state index contributed by atoms with van der Waals surface area (Å²) in [5.41, 5.74) is 3.14. The van der Waals surface area contributed by atoms with Crippen molar-refractivity contribution >= 4 is 40.0 Å². The molecule has 9 nitrogen and oxygen atoms in total. The molecule has 232 valence electrons. The van der Waals surface area contributed by atoms with E-state index in [1.54, 1.807) is 35.6 Å². The SMILES string of the molecule is CCc1cc(C(=O)NC2CCN(C)CC2)ccc1Nc1ncc(C(F)(F)F)c(NCc2ccc(C)cc2N(C)S(C)=O)n1. The Morgan fingerprint density at radius 2 is 1.86 bits per heavy atom. The molecule has 1 aliphatic heterocycles. The number of likely N-dealkylation sites (tertiary alicyclic amines) is 1. The quantitative estimate of drug-likeness (QED) is 0.285. The highest BCUT2D eigenvalue weighted by Gasteiger charge is 2.35. The van der Waals surface area contributed by atoms with Gasteiger partial charge in [-0.05, 0) is 87.3 Å². The van der Waals surface area contributed by atoms with Crippen LogP contribution in [0.1, 0.15) is 52.4 Å². The molecule has 1 unspecified atom stereocenters. The smallest absolute Gasteiger partial charge is 0.365 e. The Labute approximate surface area is 252 Å². The molecule has 1 aromatic heterocycles. The summed E-state index contributed by atoms with van der Waals surface area (Å²) < 4.78 is 55.4. The maximum atomic E-state index is 13.9. The molecule has 2 aromatic carbocycles. The summed E-state index contributed by atoms with van der Waals surface area (Å²) in [5, 5.41) is 8.95. The number of hydrogen-bond acceptors (Lipinski definition) is 7. The number of anilines is 4. The minimum absolute atomic E-state index is 0.0119. The zero-order valence-corrected chi connectivity index (χ0v) is 25.8. The van der Waals surface area contributed by atoms with Crippen molar-refractivity contribution in [3.8, 4) is 0 Å². The van der Waals surface area contributed by atoms with Gasteiger partial charge >= 0.3 is 6.18 Å². The van der Waals surface area contributed by atoms with Crippen LogP contribution >= 0.6 is 0 Å². The number of carbonyl (C=O) groups is 1. The Hall–Kier alpha value is -3.71. The second kappa shape index (κ2) is 13.7. The van der Waals surface area contributed by atoms with Crippen LogP contribution in [0.4, 0.5) is 36.3 Å². The van der Waals surface area contributed by atoms with Gasteiger partial charge in [0.15, 0.2) is 0 Å². The fourth-order valence-electron chi connectivity index (χ4n) is 4.91. The molecular formula is C30H38F3N7O2S. The van der Waals surface area contributed by atoms with E-state index in [0.717, 1.165) is 43.3 Å². The van der Waals surface area contributed by atoms with Crippen molar-refractivity contribution in [3.63, 3.8) is 0 Å². The van der Waals surface area contributed by atoms with Crippen LogP contribution in [0, 0.1) is 6.92 Å². The van der Waals surface area contributed by atoms with Crippen LogP contribution in [0.25, 0.3) is 0 Å². The molecule has 1 saturated heterocycles. The first-order chi connectivity index (χ1) is 20.3. The van der Waals surface area contributed by atoms with Gasteiger partial charge in [0.1, 0.15) is 22.4 Å². The minimum atomic E-state index is -4.68. The van der Waals surface area contributed by atoms with Gasteiger partial charge in [0.25, 0.3) is 5.91 Å². The third kappa shape index (κ3) is 8.23. The number of alkyl halides is 3. The van der Waals surface area contributed by atoms with E-state index in [2.05, 4.69) is 37.9 Å². The summed E-state index contributed by atoms with van der Waals surface area (Å²) in [5.74, 6) is -0.560. The second-order valence-corrected chi connectivity index (χ2v) is 12.2. The highest BCUT2D eigenvalue weighted by molar-refractivity contribution is 7.85. The summed E-state index contributed by atoms with van der Waals surface area (Å²) in [7, 11) is 2.41. The Balaban J connectivity index is 1.55. The maximum absolute atomic E-state index is 13.9. The largest absolute Gasteiger partial charge is 0.421 e. The van der Waals surface area contributed by atoms with Crippen LogP contribution in [0.2, 0.25) is 0 Å². The lowest BCUT2D eigenvalue weighted by Gasteiger charge is -2.29. The fourth-order valence-corrected chi connectivity index (χ4v) is 5.36. The maximum Gasteiger partial charge on any atom is 0.421 e. The van der Waals surface area contributed by atoms with Crippen LogP contribution < -0.4 is 20.3 Å². The zero-order chi connectivity index (χ0) is 31.3. The molecule has 1 atom stereocenters. The number of aromatic nitrogens is 2. The first kappa shape index (κ1) is 32.2. The van der Waals surface area contributed by atoms with Crippen LogP contribution in [0.5, 0.6) is 0 Å². The van der Waals surface area contributed by atoms with Gasteiger partial charge in [-0.3, -0.25) is 9.10 Å².